The molecule has 1 saturated carbocycles. The van der Waals surface area contributed by atoms with Crippen LogP contribution in [-0.2, 0) is 21.5 Å². The molecule has 1 saturated heterocycles. The number of likely N-dealkylation sites (tertiary alicyclic amines) is 1. The number of carbonyl (C=O) groups is 2. The van der Waals surface area contributed by atoms with Crippen molar-refractivity contribution in [3.8, 4) is 0 Å². The second-order valence-corrected chi connectivity index (χ2v) is 9.62. The van der Waals surface area contributed by atoms with Gasteiger partial charge in [0, 0.05) is 26.3 Å². The highest BCUT2D eigenvalue weighted by atomic mass is 16.5. The molecule has 0 aromatic carbocycles. The highest BCUT2D eigenvalue weighted by molar-refractivity contribution is 5.76. The van der Waals surface area contributed by atoms with E-state index < -0.39 is 5.54 Å². The maximum absolute atomic E-state index is 12.6. The van der Waals surface area contributed by atoms with Crippen molar-refractivity contribution in [3.05, 3.63) is 35.9 Å². The number of furan rings is 1. The predicted octanol–water partition coefficient (Wildman–Crippen LogP) is 3.62. The van der Waals surface area contributed by atoms with Gasteiger partial charge in [0.1, 0.15) is 11.3 Å². The van der Waals surface area contributed by atoms with Gasteiger partial charge in [-0.2, -0.15) is 4.98 Å². The molecule has 0 bridgehead atoms. The molecule has 0 spiro atoms. The first-order chi connectivity index (χ1) is 16.6. The first-order valence-electron chi connectivity index (χ1n) is 12.7. The van der Waals surface area contributed by atoms with Gasteiger partial charge in [-0.25, -0.2) is 0 Å². The Labute approximate surface area is 201 Å². The number of carbonyl (C=O) groups excluding carboxylic acids is 2. The fraction of sp³-hybridized carbons (Fsp3) is 0.680. The van der Waals surface area contributed by atoms with Gasteiger partial charge in [0.25, 0.3) is 0 Å². The number of amides is 2. The lowest BCUT2D eigenvalue weighted by Gasteiger charge is -2.33. The summed E-state index contributed by atoms with van der Waals surface area (Å²) < 4.78 is 11.1. The number of rotatable bonds is 9. The summed E-state index contributed by atoms with van der Waals surface area (Å²) in [6.45, 7) is 4.06. The molecule has 2 N–H and O–H groups in total. The van der Waals surface area contributed by atoms with Crippen LogP contribution in [0.5, 0.6) is 0 Å². The van der Waals surface area contributed by atoms with Gasteiger partial charge in [-0.05, 0) is 50.9 Å². The summed E-state index contributed by atoms with van der Waals surface area (Å²) in [5.74, 6) is 1.70. The summed E-state index contributed by atoms with van der Waals surface area (Å²) >= 11 is 0. The smallest absolute Gasteiger partial charge is 0.227 e. The minimum absolute atomic E-state index is 0.0435. The van der Waals surface area contributed by atoms with Crippen LogP contribution in [0.3, 0.4) is 0 Å². The van der Waals surface area contributed by atoms with Crippen molar-refractivity contribution in [2.45, 2.75) is 89.1 Å². The fourth-order valence-corrected chi connectivity index (χ4v) is 5.26. The normalized spacial score (nSPS) is 19.8. The van der Waals surface area contributed by atoms with Gasteiger partial charge in [-0.3, -0.25) is 14.5 Å². The molecule has 3 heterocycles. The maximum atomic E-state index is 12.6. The van der Waals surface area contributed by atoms with Crippen LogP contribution in [0, 0.1) is 0 Å². The van der Waals surface area contributed by atoms with Gasteiger partial charge in [0.15, 0.2) is 5.82 Å². The number of aromatic nitrogens is 2. The molecule has 2 aromatic heterocycles. The van der Waals surface area contributed by atoms with E-state index in [0.29, 0.717) is 24.7 Å². The Morgan fingerprint density at radius 1 is 1.12 bits per heavy atom. The van der Waals surface area contributed by atoms with E-state index in [1.807, 2.05) is 12.1 Å². The van der Waals surface area contributed by atoms with Crippen LogP contribution < -0.4 is 10.6 Å². The highest BCUT2D eigenvalue weighted by Gasteiger charge is 2.38. The molecule has 4 rings (SSSR count). The number of nitrogens with one attached hydrogen (secondary N) is 2. The number of aryl methyl sites for hydroxylation is 1. The average Bonchev–Trinajstić information content (AvgIpc) is 3.48. The molecule has 1 atom stereocenters. The molecule has 2 fully saturated rings. The van der Waals surface area contributed by atoms with Crippen LogP contribution in [0.1, 0.15) is 94.6 Å². The minimum atomic E-state index is -0.572. The fourth-order valence-electron chi connectivity index (χ4n) is 5.26. The molecule has 186 valence electrons. The van der Waals surface area contributed by atoms with E-state index in [9.17, 15) is 9.59 Å². The van der Waals surface area contributed by atoms with E-state index in [-0.39, 0.29) is 24.3 Å². The van der Waals surface area contributed by atoms with Crippen molar-refractivity contribution >= 4 is 11.8 Å². The van der Waals surface area contributed by atoms with Gasteiger partial charge >= 0.3 is 0 Å². The van der Waals surface area contributed by atoms with E-state index in [2.05, 4.69) is 25.7 Å². The molecule has 2 aliphatic rings. The standard InChI is InChI=1S/C25H37N5O4/c1-19(31)28-25(13-5-2-3-6-14-25)24-27-23(34-29-24)12-11-22(32)26-18-20(21-10-9-17-33-21)30-15-7-4-8-16-30/h9-10,17,20H,2-8,11-16,18H2,1H3,(H,26,32)(H,28,31). The van der Waals surface area contributed by atoms with Crippen LogP contribution in [-0.4, -0.2) is 46.5 Å². The lowest BCUT2D eigenvalue weighted by molar-refractivity contribution is -0.122. The summed E-state index contributed by atoms with van der Waals surface area (Å²) in [4.78, 5) is 31.5. The second-order valence-electron chi connectivity index (χ2n) is 9.62. The Morgan fingerprint density at radius 2 is 1.85 bits per heavy atom. The maximum Gasteiger partial charge on any atom is 0.227 e. The molecule has 2 aromatic rings. The van der Waals surface area contributed by atoms with E-state index in [1.54, 1.807) is 6.26 Å². The third-order valence-corrected chi connectivity index (χ3v) is 7.03. The Hall–Kier alpha value is -2.68. The van der Waals surface area contributed by atoms with Crippen molar-refractivity contribution in [1.82, 2.24) is 25.7 Å². The summed E-state index contributed by atoms with van der Waals surface area (Å²) in [6.07, 6.45) is 11.8. The van der Waals surface area contributed by atoms with Crippen molar-refractivity contribution in [2.75, 3.05) is 19.6 Å². The monoisotopic (exact) mass is 471 g/mol. The molecule has 1 aliphatic heterocycles. The Bertz CT molecular complexity index is 912. The molecule has 34 heavy (non-hydrogen) atoms. The van der Waals surface area contributed by atoms with Crippen molar-refractivity contribution < 1.29 is 18.5 Å². The van der Waals surface area contributed by atoms with Gasteiger partial charge < -0.3 is 19.6 Å². The Morgan fingerprint density at radius 3 is 2.53 bits per heavy atom. The quantitative estimate of drug-likeness (QED) is 0.537. The zero-order chi connectivity index (χ0) is 23.8. The highest BCUT2D eigenvalue weighted by Crippen LogP contribution is 2.34. The zero-order valence-electron chi connectivity index (χ0n) is 20.2. The lowest BCUT2D eigenvalue weighted by Crippen LogP contribution is -2.45. The van der Waals surface area contributed by atoms with Crippen LogP contribution in [0.4, 0.5) is 0 Å². The molecule has 9 nitrogen and oxygen atoms in total. The molecular formula is C25H37N5O4. The van der Waals surface area contributed by atoms with E-state index in [0.717, 1.165) is 57.4 Å². The molecule has 2 amide bonds. The number of piperidine rings is 1. The summed E-state index contributed by atoms with van der Waals surface area (Å²) in [5, 5.41) is 10.4. The molecule has 0 radical (unpaired) electrons. The second kappa shape index (κ2) is 11.6. The van der Waals surface area contributed by atoms with E-state index >= 15 is 0 Å². The number of hydrogen-bond acceptors (Lipinski definition) is 7. The van der Waals surface area contributed by atoms with Crippen molar-refractivity contribution in [1.29, 1.82) is 0 Å². The number of nitrogens with zero attached hydrogens (tertiary/aromatic N) is 3. The van der Waals surface area contributed by atoms with Crippen molar-refractivity contribution in [3.63, 3.8) is 0 Å². The lowest BCUT2D eigenvalue weighted by atomic mass is 9.89. The predicted molar refractivity (Wildman–Crippen MR) is 126 cm³/mol. The summed E-state index contributed by atoms with van der Waals surface area (Å²) in [5.41, 5.74) is -0.572. The van der Waals surface area contributed by atoms with Crippen LogP contribution in [0.25, 0.3) is 0 Å². The SMILES string of the molecule is CC(=O)NC1(c2noc(CCC(=O)NCC(c3ccco3)N3CCCCC3)n2)CCCCCC1. The van der Waals surface area contributed by atoms with Crippen molar-refractivity contribution in [2.24, 2.45) is 0 Å². The molecule has 1 aliphatic carbocycles. The first-order valence-corrected chi connectivity index (χ1v) is 12.7. The van der Waals surface area contributed by atoms with Crippen LogP contribution >= 0.6 is 0 Å². The van der Waals surface area contributed by atoms with Gasteiger partial charge in [-0.15, -0.1) is 0 Å². The van der Waals surface area contributed by atoms with Gasteiger partial charge in [0.05, 0.1) is 12.3 Å². The summed E-state index contributed by atoms with van der Waals surface area (Å²) in [7, 11) is 0. The summed E-state index contributed by atoms with van der Waals surface area (Å²) in [6, 6.07) is 3.91. The Balaban J connectivity index is 1.32. The molecule has 9 heteroatoms. The third kappa shape index (κ3) is 6.25. The first kappa shape index (κ1) is 24.4. The van der Waals surface area contributed by atoms with E-state index in [4.69, 9.17) is 8.94 Å². The topological polar surface area (TPSA) is 114 Å². The van der Waals surface area contributed by atoms with Crippen LogP contribution in [0.15, 0.2) is 27.3 Å². The zero-order valence-corrected chi connectivity index (χ0v) is 20.2. The Kier molecular flexibility index (Phi) is 8.37. The van der Waals surface area contributed by atoms with Gasteiger partial charge in [-0.1, -0.05) is 37.3 Å². The molecular weight excluding hydrogens is 434 g/mol. The molecule has 1 unspecified atom stereocenters. The van der Waals surface area contributed by atoms with Gasteiger partial charge in [0.2, 0.25) is 17.7 Å². The van der Waals surface area contributed by atoms with Crippen LogP contribution in [0.2, 0.25) is 0 Å². The third-order valence-electron chi connectivity index (χ3n) is 7.03. The largest absolute Gasteiger partial charge is 0.468 e. The average molecular weight is 472 g/mol. The number of hydrogen-bond donors (Lipinski definition) is 2. The van der Waals surface area contributed by atoms with E-state index in [1.165, 1.54) is 26.2 Å². The minimum Gasteiger partial charge on any atom is -0.468 e.